The van der Waals surface area contributed by atoms with Crippen LogP contribution in [0.5, 0.6) is 0 Å². The quantitative estimate of drug-likeness (QED) is 0.542. The summed E-state index contributed by atoms with van der Waals surface area (Å²) in [5.74, 6) is -0.619. The second-order valence-electron chi connectivity index (χ2n) is 8.81. The van der Waals surface area contributed by atoms with Gasteiger partial charge in [-0.25, -0.2) is 4.98 Å². The lowest BCUT2D eigenvalue weighted by Crippen LogP contribution is -2.46. The van der Waals surface area contributed by atoms with Crippen molar-refractivity contribution >= 4 is 34.2 Å². The molecule has 0 aliphatic carbocycles. The van der Waals surface area contributed by atoms with Crippen LogP contribution in [0.4, 0.5) is 11.5 Å². The lowest BCUT2D eigenvalue weighted by Gasteiger charge is -2.38. The molecule has 1 aliphatic heterocycles. The van der Waals surface area contributed by atoms with E-state index in [1.54, 1.807) is 4.90 Å². The highest BCUT2D eigenvalue weighted by Crippen LogP contribution is 2.34. The van der Waals surface area contributed by atoms with Crippen LogP contribution in [-0.2, 0) is 16.1 Å². The Kier molecular flexibility index (Phi) is 6.09. The first-order valence-electron chi connectivity index (χ1n) is 10.8. The first kappa shape index (κ1) is 21.8. The number of piperidine rings is 1. The maximum atomic E-state index is 13.3. The van der Waals surface area contributed by atoms with Crippen molar-refractivity contribution in [2.75, 3.05) is 31.7 Å². The average molecular weight is 436 g/mol. The van der Waals surface area contributed by atoms with Crippen molar-refractivity contribution in [1.29, 1.82) is 0 Å². The fraction of sp³-hybridized carbons (Fsp3) is 0.391. The van der Waals surface area contributed by atoms with Crippen molar-refractivity contribution in [3.05, 3.63) is 47.8 Å². The number of nitrogen functional groups attached to an aromatic ring is 1. The molecule has 2 aromatic heterocycles. The summed E-state index contributed by atoms with van der Waals surface area (Å²) in [6.45, 7) is 3.46. The van der Waals surface area contributed by atoms with E-state index >= 15 is 0 Å². The Hall–Kier alpha value is -3.46. The number of aromatic amines is 1. The van der Waals surface area contributed by atoms with Crippen LogP contribution in [0.15, 0.2) is 36.7 Å². The molecule has 0 radical (unpaired) electrons. The van der Waals surface area contributed by atoms with Crippen LogP contribution in [0.1, 0.15) is 36.9 Å². The van der Waals surface area contributed by atoms with Crippen molar-refractivity contribution < 1.29 is 9.59 Å². The minimum atomic E-state index is -0.698. The molecular weight excluding hydrogens is 406 g/mol. The van der Waals surface area contributed by atoms with Crippen molar-refractivity contribution in [2.45, 2.75) is 32.4 Å². The molecule has 4 rings (SSSR count). The molecule has 0 spiro atoms. The number of hydrogen-bond donors (Lipinski definition) is 3. The Bertz CT molecular complexity index is 1140. The molecule has 168 valence electrons. The summed E-state index contributed by atoms with van der Waals surface area (Å²) in [6.07, 6.45) is 4.80. The van der Waals surface area contributed by atoms with Crippen molar-refractivity contribution in [2.24, 2.45) is 5.92 Å². The number of carbonyl (C=O) groups is 2. The van der Waals surface area contributed by atoms with E-state index in [1.807, 2.05) is 26.2 Å². The third kappa shape index (κ3) is 4.43. The minimum Gasteiger partial charge on any atom is -0.383 e. The number of amides is 2. The monoisotopic (exact) mass is 435 g/mol. The van der Waals surface area contributed by atoms with Crippen LogP contribution >= 0.6 is 0 Å². The van der Waals surface area contributed by atoms with E-state index in [0.717, 1.165) is 24.9 Å². The zero-order valence-corrected chi connectivity index (χ0v) is 18.6. The van der Waals surface area contributed by atoms with Gasteiger partial charge in [-0.1, -0.05) is 31.2 Å². The summed E-state index contributed by atoms with van der Waals surface area (Å²) in [6, 6.07) is 8.14. The van der Waals surface area contributed by atoms with E-state index in [9.17, 15) is 9.59 Å². The molecule has 32 heavy (non-hydrogen) atoms. The number of fused-ring (bicyclic) bond motifs is 1. The molecule has 0 bridgehead atoms. The van der Waals surface area contributed by atoms with Crippen molar-refractivity contribution in [3.63, 3.8) is 0 Å². The van der Waals surface area contributed by atoms with Gasteiger partial charge in [-0.3, -0.25) is 14.7 Å². The largest absolute Gasteiger partial charge is 0.383 e. The summed E-state index contributed by atoms with van der Waals surface area (Å²) in [5.41, 5.74) is 9.01. The third-order valence-electron chi connectivity index (χ3n) is 5.87. The number of hydrogen-bond acceptors (Lipinski definition) is 6. The van der Waals surface area contributed by atoms with Gasteiger partial charge in [0.15, 0.2) is 0 Å². The topological polar surface area (TPSA) is 120 Å². The highest BCUT2D eigenvalue weighted by Gasteiger charge is 2.34. The molecule has 0 unspecified atom stereocenters. The maximum absolute atomic E-state index is 13.3. The van der Waals surface area contributed by atoms with Gasteiger partial charge >= 0.3 is 11.8 Å². The number of rotatable bonds is 4. The molecule has 4 N–H and O–H groups in total. The van der Waals surface area contributed by atoms with Crippen molar-refractivity contribution in [3.8, 4) is 0 Å². The van der Waals surface area contributed by atoms with E-state index in [1.165, 1.54) is 18.0 Å². The normalized spacial score (nSPS) is 18.8. The summed E-state index contributed by atoms with van der Waals surface area (Å²) < 4.78 is 0. The lowest BCUT2D eigenvalue weighted by atomic mass is 9.89. The van der Waals surface area contributed by atoms with Gasteiger partial charge < -0.3 is 20.9 Å². The predicted molar refractivity (Wildman–Crippen MR) is 124 cm³/mol. The Balaban J connectivity index is 1.57. The number of nitrogens with two attached hydrogens (primary N) is 1. The lowest BCUT2D eigenvalue weighted by molar-refractivity contribution is -0.146. The number of pyridine rings is 1. The highest BCUT2D eigenvalue weighted by molar-refractivity contribution is 6.40. The van der Waals surface area contributed by atoms with E-state index < -0.39 is 11.8 Å². The summed E-state index contributed by atoms with van der Waals surface area (Å²) in [7, 11) is 4.05. The van der Waals surface area contributed by atoms with E-state index in [2.05, 4.69) is 44.5 Å². The molecule has 1 aromatic carbocycles. The molecule has 2 atom stereocenters. The number of H-pyrrole nitrogens is 1. The standard InChI is InChI=1S/C23H29N7O2/c1-14-7-8-19(16-6-4-5-15(9-16)13-29(2)3)30(12-14)23(32)22(31)27-18-11-25-21(24)17-10-26-28-20(17)18/h4-6,9-11,14,19H,7-8,12-13H2,1-3H3,(H2,24,25)(H,26,28)(H,27,31)/t14-,19+/m0/s1. The Morgan fingerprint density at radius 2 is 2.09 bits per heavy atom. The van der Waals surface area contributed by atoms with Crippen LogP contribution < -0.4 is 11.1 Å². The predicted octanol–water partition coefficient (Wildman–Crippen LogP) is 2.54. The number of carbonyl (C=O) groups excluding carboxylic acids is 2. The minimum absolute atomic E-state index is 0.136. The van der Waals surface area contributed by atoms with Gasteiger partial charge in [0.25, 0.3) is 0 Å². The van der Waals surface area contributed by atoms with Crippen LogP contribution in [0.2, 0.25) is 0 Å². The fourth-order valence-corrected chi connectivity index (χ4v) is 4.34. The van der Waals surface area contributed by atoms with Gasteiger partial charge in [0.1, 0.15) is 5.82 Å². The summed E-state index contributed by atoms with van der Waals surface area (Å²) >= 11 is 0. The maximum Gasteiger partial charge on any atom is 0.314 e. The Morgan fingerprint density at radius 3 is 2.88 bits per heavy atom. The van der Waals surface area contributed by atoms with Crippen LogP contribution in [-0.4, -0.2) is 57.4 Å². The molecule has 1 fully saturated rings. The van der Waals surface area contributed by atoms with Gasteiger partial charge in [-0.05, 0) is 44.0 Å². The molecule has 1 aliphatic rings. The average Bonchev–Trinajstić information content (AvgIpc) is 3.26. The molecule has 0 saturated carbocycles. The molecule has 2 amide bonds. The first-order valence-corrected chi connectivity index (χ1v) is 10.8. The number of likely N-dealkylation sites (tertiary alicyclic amines) is 1. The highest BCUT2D eigenvalue weighted by atomic mass is 16.2. The van der Waals surface area contributed by atoms with Gasteiger partial charge in [0.05, 0.1) is 35.0 Å². The van der Waals surface area contributed by atoms with Crippen molar-refractivity contribution in [1.82, 2.24) is 25.0 Å². The zero-order valence-electron chi connectivity index (χ0n) is 18.6. The number of aromatic nitrogens is 3. The second-order valence-corrected chi connectivity index (χ2v) is 8.81. The Morgan fingerprint density at radius 1 is 1.28 bits per heavy atom. The molecule has 1 saturated heterocycles. The molecular formula is C23H29N7O2. The molecule has 9 nitrogen and oxygen atoms in total. The number of nitrogens with zero attached hydrogens (tertiary/aromatic N) is 4. The summed E-state index contributed by atoms with van der Waals surface area (Å²) in [4.78, 5) is 34.1. The fourth-order valence-electron chi connectivity index (χ4n) is 4.34. The van der Waals surface area contributed by atoms with Gasteiger partial charge in [-0.15, -0.1) is 0 Å². The summed E-state index contributed by atoms with van der Waals surface area (Å²) in [5, 5.41) is 10.1. The van der Waals surface area contributed by atoms with E-state index in [0.29, 0.717) is 34.9 Å². The Labute approximate surface area is 187 Å². The molecule has 9 heteroatoms. The van der Waals surface area contributed by atoms with Gasteiger partial charge in [0, 0.05) is 13.1 Å². The zero-order chi connectivity index (χ0) is 22.8. The molecule has 3 aromatic rings. The first-order chi connectivity index (χ1) is 15.3. The smallest absolute Gasteiger partial charge is 0.314 e. The second kappa shape index (κ2) is 8.96. The SMILES string of the molecule is C[C@H]1CC[C@H](c2cccc(CN(C)C)c2)N(C(=O)C(=O)Nc2cnc(N)c3cn[nH]c23)C1. The van der Waals surface area contributed by atoms with Gasteiger partial charge in [-0.2, -0.15) is 5.10 Å². The van der Waals surface area contributed by atoms with Crippen LogP contribution in [0, 0.1) is 5.92 Å². The number of anilines is 2. The van der Waals surface area contributed by atoms with E-state index in [-0.39, 0.29) is 6.04 Å². The van der Waals surface area contributed by atoms with E-state index in [4.69, 9.17) is 5.73 Å². The molecule has 3 heterocycles. The van der Waals surface area contributed by atoms with Crippen LogP contribution in [0.3, 0.4) is 0 Å². The third-order valence-corrected chi connectivity index (χ3v) is 5.87. The number of benzene rings is 1. The number of nitrogens with one attached hydrogen (secondary N) is 2. The van der Waals surface area contributed by atoms with Crippen LogP contribution in [0.25, 0.3) is 10.9 Å². The van der Waals surface area contributed by atoms with Gasteiger partial charge in [0.2, 0.25) is 0 Å².